The molecule has 0 spiro atoms. The van der Waals surface area contributed by atoms with Gasteiger partial charge in [0.25, 0.3) is 0 Å². The summed E-state index contributed by atoms with van der Waals surface area (Å²) < 4.78 is 5.75. The standard InChI is InChI=1S/C28H31NO3/c1-27(17-20-29-18-7-2-8-19-29)15-13-21(14-16-27)32-26(30)28(31)24-11-5-3-9-22(24)23-10-4-6-12-25(23)28/h3-6,9-15,31H,2,7-8,16-20H2,1H3. The number of allylic oxidation sites excluding steroid dienone is 3. The molecule has 5 rings (SSSR count). The van der Waals surface area contributed by atoms with Crippen LogP contribution in [0.3, 0.4) is 0 Å². The Labute approximate surface area is 190 Å². The van der Waals surface area contributed by atoms with Crippen LogP contribution in [0.25, 0.3) is 11.1 Å². The van der Waals surface area contributed by atoms with Crippen molar-refractivity contribution in [1.82, 2.24) is 4.90 Å². The van der Waals surface area contributed by atoms with Gasteiger partial charge in [-0.1, -0.05) is 68.0 Å². The maximum absolute atomic E-state index is 13.3. The number of rotatable bonds is 5. The third-order valence-corrected chi connectivity index (χ3v) is 7.30. The minimum atomic E-state index is -1.79. The highest BCUT2D eigenvalue weighted by molar-refractivity contribution is 5.96. The van der Waals surface area contributed by atoms with Gasteiger partial charge in [-0.05, 0) is 74.0 Å². The van der Waals surface area contributed by atoms with Crippen LogP contribution in [0.5, 0.6) is 0 Å². The molecule has 1 N–H and O–H groups in total. The number of likely N-dealkylation sites (tertiary alicyclic amines) is 1. The summed E-state index contributed by atoms with van der Waals surface area (Å²) in [5.41, 5.74) is 1.19. The van der Waals surface area contributed by atoms with Crippen LogP contribution >= 0.6 is 0 Å². The molecule has 1 saturated heterocycles. The molecule has 2 aromatic rings. The van der Waals surface area contributed by atoms with Crippen LogP contribution < -0.4 is 0 Å². The molecule has 0 saturated carbocycles. The Morgan fingerprint density at radius 3 is 2.22 bits per heavy atom. The van der Waals surface area contributed by atoms with Crippen LogP contribution in [-0.2, 0) is 15.1 Å². The number of fused-ring (bicyclic) bond motifs is 3. The van der Waals surface area contributed by atoms with Gasteiger partial charge in [0.1, 0.15) is 5.76 Å². The fraction of sp³-hybridized carbons (Fsp3) is 0.393. The fourth-order valence-corrected chi connectivity index (χ4v) is 5.22. The molecule has 1 aliphatic heterocycles. The van der Waals surface area contributed by atoms with E-state index in [2.05, 4.69) is 17.9 Å². The van der Waals surface area contributed by atoms with Crippen LogP contribution in [-0.4, -0.2) is 35.6 Å². The molecule has 32 heavy (non-hydrogen) atoms. The van der Waals surface area contributed by atoms with Gasteiger partial charge in [-0.2, -0.15) is 0 Å². The molecule has 1 fully saturated rings. The van der Waals surface area contributed by atoms with E-state index in [0.29, 0.717) is 16.9 Å². The molecule has 0 amide bonds. The van der Waals surface area contributed by atoms with Gasteiger partial charge in [-0.15, -0.1) is 0 Å². The van der Waals surface area contributed by atoms with Gasteiger partial charge >= 0.3 is 5.97 Å². The Morgan fingerprint density at radius 2 is 1.62 bits per heavy atom. The van der Waals surface area contributed by atoms with Crippen LogP contribution in [0.2, 0.25) is 0 Å². The minimum absolute atomic E-state index is 0.0663. The molecule has 2 aromatic carbocycles. The number of aliphatic hydroxyl groups is 1. The van der Waals surface area contributed by atoms with E-state index in [1.54, 1.807) is 12.1 Å². The summed E-state index contributed by atoms with van der Waals surface area (Å²) in [7, 11) is 0. The number of benzene rings is 2. The monoisotopic (exact) mass is 429 g/mol. The first-order chi connectivity index (χ1) is 15.5. The summed E-state index contributed by atoms with van der Waals surface area (Å²) in [6.45, 7) is 5.79. The van der Waals surface area contributed by atoms with E-state index >= 15 is 0 Å². The molecule has 166 valence electrons. The van der Waals surface area contributed by atoms with E-state index in [9.17, 15) is 9.90 Å². The van der Waals surface area contributed by atoms with Crippen LogP contribution in [0, 0.1) is 5.41 Å². The zero-order chi connectivity index (χ0) is 22.2. The van der Waals surface area contributed by atoms with Crippen LogP contribution in [0.15, 0.2) is 72.5 Å². The summed E-state index contributed by atoms with van der Waals surface area (Å²) in [6.07, 6.45) is 11.9. The number of hydrogen-bond donors (Lipinski definition) is 1. The number of nitrogens with zero attached hydrogens (tertiary/aromatic N) is 1. The summed E-state index contributed by atoms with van der Waals surface area (Å²) in [4.78, 5) is 15.9. The van der Waals surface area contributed by atoms with Gasteiger partial charge in [0, 0.05) is 11.1 Å². The quantitative estimate of drug-likeness (QED) is 0.666. The Morgan fingerprint density at radius 1 is 1.00 bits per heavy atom. The number of carbonyl (C=O) groups is 1. The first-order valence-corrected chi connectivity index (χ1v) is 11.8. The van der Waals surface area contributed by atoms with E-state index < -0.39 is 11.6 Å². The third-order valence-electron chi connectivity index (χ3n) is 7.30. The first kappa shape index (κ1) is 21.2. The first-order valence-electron chi connectivity index (χ1n) is 11.8. The van der Waals surface area contributed by atoms with Crippen LogP contribution in [0.4, 0.5) is 0 Å². The van der Waals surface area contributed by atoms with Crippen molar-refractivity contribution in [3.63, 3.8) is 0 Å². The Balaban J connectivity index is 1.29. The molecular weight excluding hydrogens is 398 g/mol. The van der Waals surface area contributed by atoms with E-state index in [0.717, 1.165) is 30.5 Å². The lowest BCUT2D eigenvalue weighted by atomic mass is 9.80. The lowest BCUT2D eigenvalue weighted by molar-refractivity contribution is -0.156. The van der Waals surface area contributed by atoms with E-state index in [1.165, 1.54) is 32.4 Å². The maximum atomic E-state index is 13.3. The maximum Gasteiger partial charge on any atom is 0.353 e. The number of ether oxygens (including phenoxy) is 1. The van der Waals surface area contributed by atoms with Gasteiger partial charge in [-0.3, -0.25) is 0 Å². The number of piperidine rings is 1. The van der Waals surface area contributed by atoms with Crippen molar-refractivity contribution < 1.29 is 14.6 Å². The zero-order valence-corrected chi connectivity index (χ0v) is 18.7. The highest BCUT2D eigenvalue weighted by Gasteiger charge is 2.49. The average molecular weight is 430 g/mol. The van der Waals surface area contributed by atoms with Gasteiger partial charge in [-0.25, -0.2) is 4.79 Å². The predicted molar refractivity (Wildman–Crippen MR) is 126 cm³/mol. The molecule has 2 aliphatic carbocycles. The number of carbonyl (C=O) groups excluding carboxylic acids is 1. The lowest BCUT2D eigenvalue weighted by Crippen LogP contribution is -2.36. The Kier molecular flexibility index (Phi) is 5.52. The van der Waals surface area contributed by atoms with Crippen molar-refractivity contribution in [3.8, 4) is 11.1 Å². The summed E-state index contributed by atoms with van der Waals surface area (Å²) in [6, 6.07) is 15.0. The van der Waals surface area contributed by atoms with Gasteiger partial charge in [0.05, 0.1) is 0 Å². The minimum Gasteiger partial charge on any atom is -0.424 e. The summed E-state index contributed by atoms with van der Waals surface area (Å²) >= 11 is 0. The molecule has 0 aromatic heterocycles. The van der Waals surface area contributed by atoms with Crippen molar-refractivity contribution in [3.05, 3.63) is 83.6 Å². The molecule has 4 heteroatoms. The molecule has 0 bridgehead atoms. The van der Waals surface area contributed by atoms with E-state index in [4.69, 9.17) is 4.74 Å². The topological polar surface area (TPSA) is 49.8 Å². The molecule has 0 radical (unpaired) electrons. The lowest BCUT2D eigenvalue weighted by Gasteiger charge is -2.33. The molecule has 1 unspecified atom stereocenters. The molecule has 1 atom stereocenters. The van der Waals surface area contributed by atoms with Gasteiger partial charge < -0.3 is 14.7 Å². The van der Waals surface area contributed by atoms with Crippen molar-refractivity contribution in [2.24, 2.45) is 5.41 Å². The van der Waals surface area contributed by atoms with Crippen molar-refractivity contribution in [1.29, 1.82) is 0 Å². The van der Waals surface area contributed by atoms with E-state index in [-0.39, 0.29) is 5.41 Å². The highest BCUT2D eigenvalue weighted by Crippen LogP contribution is 2.48. The zero-order valence-electron chi connectivity index (χ0n) is 18.7. The second kappa shape index (κ2) is 8.34. The molecule has 3 aliphatic rings. The number of esters is 1. The average Bonchev–Trinajstić information content (AvgIpc) is 3.10. The Bertz CT molecular complexity index is 1030. The fourth-order valence-electron chi connectivity index (χ4n) is 5.22. The third kappa shape index (κ3) is 3.72. The van der Waals surface area contributed by atoms with Crippen molar-refractivity contribution >= 4 is 5.97 Å². The second-order valence-electron chi connectivity index (χ2n) is 9.64. The van der Waals surface area contributed by atoms with Crippen molar-refractivity contribution in [2.45, 2.75) is 44.6 Å². The predicted octanol–water partition coefficient (Wildman–Crippen LogP) is 5.17. The summed E-state index contributed by atoms with van der Waals surface area (Å²) in [5.74, 6) is -0.136. The molecule has 1 heterocycles. The van der Waals surface area contributed by atoms with Gasteiger partial charge in [0.15, 0.2) is 0 Å². The van der Waals surface area contributed by atoms with E-state index in [1.807, 2.05) is 48.6 Å². The van der Waals surface area contributed by atoms with Gasteiger partial charge in [0.2, 0.25) is 5.60 Å². The molecular formula is C28H31NO3. The number of hydrogen-bond acceptors (Lipinski definition) is 4. The highest BCUT2D eigenvalue weighted by atomic mass is 16.6. The largest absolute Gasteiger partial charge is 0.424 e. The van der Waals surface area contributed by atoms with Crippen LogP contribution in [0.1, 0.15) is 50.2 Å². The Hall–Kier alpha value is -2.69. The smallest absolute Gasteiger partial charge is 0.353 e. The molecule has 4 nitrogen and oxygen atoms in total. The van der Waals surface area contributed by atoms with Crippen molar-refractivity contribution in [2.75, 3.05) is 19.6 Å². The SMILES string of the molecule is CC1(CCN2CCCCC2)C=CC(OC(=O)C2(O)c3ccccc3-c3ccccc32)=CC1. The normalized spacial score (nSPS) is 23.9. The second-order valence-corrected chi connectivity index (χ2v) is 9.64. The summed E-state index contributed by atoms with van der Waals surface area (Å²) in [5, 5.41) is 11.6.